The van der Waals surface area contributed by atoms with E-state index in [1.165, 1.54) is 19.4 Å². The lowest BCUT2D eigenvalue weighted by atomic mass is 10.0. The molecule has 1 aliphatic carbocycles. The summed E-state index contributed by atoms with van der Waals surface area (Å²) in [4.78, 5) is 14.6. The van der Waals surface area contributed by atoms with Gasteiger partial charge < -0.3 is 16.0 Å². The van der Waals surface area contributed by atoms with E-state index in [9.17, 15) is 4.79 Å². The molecule has 0 unspecified atom stereocenters. The lowest BCUT2D eigenvalue weighted by Gasteiger charge is -2.33. The van der Waals surface area contributed by atoms with Gasteiger partial charge in [0.15, 0.2) is 0 Å². The maximum absolute atomic E-state index is 12.1. The van der Waals surface area contributed by atoms with Crippen molar-refractivity contribution in [3.63, 3.8) is 0 Å². The van der Waals surface area contributed by atoms with Crippen molar-refractivity contribution >= 4 is 5.91 Å². The van der Waals surface area contributed by atoms with Crippen LogP contribution in [0.5, 0.6) is 0 Å². The number of nitrogens with two attached hydrogens (primary N) is 1. The smallest absolute Gasteiger partial charge is 0.227 e. The number of carbonyl (C=O) groups is 1. The average molecular weight is 253 g/mol. The second-order valence-corrected chi connectivity index (χ2v) is 5.93. The highest BCUT2D eigenvalue weighted by Gasteiger charge is 2.48. The van der Waals surface area contributed by atoms with Gasteiger partial charge in [-0.15, -0.1) is 0 Å². The van der Waals surface area contributed by atoms with Crippen molar-refractivity contribution in [2.24, 2.45) is 11.1 Å². The van der Waals surface area contributed by atoms with E-state index in [1.807, 2.05) is 0 Å². The minimum absolute atomic E-state index is 0.195. The zero-order chi connectivity index (χ0) is 13.0. The Kier molecular flexibility index (Phi) is 4.62. The van der Waals surface area contributed by atoms with Gasteiger partial charge in [0.05, 0.1) is 5.41 Å². The molecule has 1 saturated carbocycles. The monoisotopic (exact) mass is 253 g/mol. The Morgan fingerprint density at radius 2 is 2.06 bits per heavy atom. The van der Waals surface area contributed by atoms with Gasteiger partial charge in [-0.1, -0.05) is 13.3 Å². The molecule has 0 atom stereocenters. The molecule has 4 heteroatoms. The summed E-state index contributed by atoms with van der Waals surface area (Å²) in [7, 11) is 0. The van der Waals surface area contributed by atoms with Crippen molar-refractivity contribution < 1.29 is 4.79 Å². The summed E-state index contributed by atoms with van der Waals surface area (Å²) in [6.45, 7) is 6.20. The summed E-state index contributed by atoms with van der Waals surface area (Å²) in [5.74, 6) is 0.206. The zero-order valence-corrected chi connectivity index (χ0v) is 11.6. The summed E-state index contributed by atoms with van der Waals surface area (Å²) in [5.41, 5.74) is 5.49. The number of rotatable bonds is 6. The fourth-order valence-electron chi connectivity index (χ4n) is 2.70. The van der Waals surface area contributed by atoms with Crippen LogP contribution in [-0.2, 0) is 4.79 Å². The van der Waals surface area contributed by atoms with Crippen LogP contribution in [0.1, 0.15) is 45.4 Å². The molecule has 2 rings (SSSR count). The predicted octanol–water partition coefficient (Wildman–Crippen LogP) is 1.11. The third-order valence-electron chi connectivity index (χ3n) is 4.48. The molecular formula is C14H27N3O. The van der Waals surface area contributed by atoms with Gasteiger partial charge in [-0.3, -0.25) is 4.79 Å². The fourth-order valence-corrected chi connectivity index (χ4v) is 2.70. The van der Waals surface area contributed by atoms with E-state index in [4.69, 9.17) is 5.73 Å². The minimum atomic E-state index is -0.195. The molecule has 104 valence electrons. The number of nitrogens with zero attached hydrogens (tertiary/aromatic N) is 1. The third kappa shape index (κ3) is 3.23. The van der Waals surface area contributed by atoms with Gasteiger partial charge in [-0.05, 0) is 38.6 Å². The van der Waals surface area contributed by atoms with Crippen molar-refractivity contribution in [2.45, 2.75) is 51.5 Å². The highest BCUT2D eigenvalue weighted by molar-refractivity contribution is 5.85. The second-order valence-electron chi connectivity index (χ2n) is 5.93. The van der Waals surface area contributed by atoms with Crippen LogP contribution in [0.4, 0.5) is 0 Å². The van der Waals surface area contributed by atoms with Crippen LogP contribution in [0.15, 0.2) is 0 Å². The molecule has 3 N–H and O–H groups in total. The number of likely N-dealkylation sites (tertiary alicyclic amines) is 1. The number of amides is 1. The Balaban J connectivity index is 1.69. The van der Waals surface area contributed by atoms with Crippen LogP contribution in [0.25, 0.3) is 0 Å². The Bertz CT molecular complexity index is 281. The number of hydrogen-bond acceptors (Lipinski definition) is 3. The van der Waals surface area contributed by atoms with Crippen molar-refractivity contribution in [3.05, 3.63) is 0 Å². The topological polar surface area (TPSA) is 58.4 Å². The molecular weight excluding hydrogens is 226 g/mol. The van der Waals surface area contributed by atoms with E-state index in [-0.39, 0.29) is 11.3 Å². The maximum Gasteiger partial charge on any atom is 0.227 e. The molecule has 0 aromatic heterocycles. The zero-order valence-electron chi connectivity index (χ0n) is 11.6. The molecule has 0 spiro atoms. The Morgan fingerprint density at radius 3 is 2.56 bits per heavy atom. The van der Waals surface area contributed by atoms with Gasteiger partial charge in [0.25, 0.3) is 0 Å². The lowest BCUT2D eigenvalue weighted by molar-refractivity contribution is -0.127. The maximum atomic E-state index is 12.1. The van der Waals surface area contributed by atoms with E-state index < -0.39 is 0 Å². The molecule has 4 nitrogen and oxygen atoms in total. The van der Waals surface area contributed by atoms with Crippen LogP contribution < -0.4 is 11.1 Å². The van der Waals surface area contributed by atoms with Crippen LogP contribution in [0.3, 0.4) is 0 Å². The van der Waals surface area contributed by atoms with Crippen LogP contribution in [0.2, 0.25) is 0 Å². The normalized spacial score (nSPS) is 23.9. The Hall–Kier alpha value is -0.610. The quantitative estimate of drug-likeness (QED) is 0.745. The molecule has 2 aliphatic rings. The van der Waals surface area contributed by atoms with E-state index in [0.717, 1.165) is 38.8 Å². The number of unbranched alkanes of at least 4 members (excludes halogenated alkanes) is 1. The number of nitrogens with one attached hydrogen (secondary N) is 1. The molecule has 0 bridgehead atoms. The summed E-state index contributed by atoms with van der Waals surface area (Å²) < 4.78 is 0. The van der Waals surface area contributed by atoms with E-state index in [1.54, 1.807) is 0 Å². The summed E-state index contributed by atoms with van der Waals surface area (Å²) >= 11 is 0. The number of carbonyl (C=O) groups excluding carboxylic acids is 1. The predicted molar refractivity (Wildman–Crippen MR) is 73.2 cm³/mol. The van der Waals surface area contributed by atoms with Crippen LogP contribution in [-0.4, -0.2) is 43.0 Å². The standard InChI is InChI=1S/C14H27N3O/c1-2-3-8-17-9-4-12(5-10-17)16-13(18)14(11-15)6-7-14/h12H,2-11,15H2,1H3,(H,16,18). The Labute approximate surface area is 110 Å². The first kappa shape index (κ1) is 13.8. The first-order valence-electron chi connectivity index (χ1n) is 7.43. The SMILES string of the molecule is CCCCN1CCC(NC(=O)C2(CN)CC2)CC1. The number of hydrogen-bond donors (Lipinski definition) is 2. The molecule has 0 radical (unpaired) electrons. The van der Waals surface area contributed by atoms with Gasteiger partial charge in [0.1, 0.15) is 0 Å². The molecule has 18 heavy (non-hydrogen) atoms. The van der Waals surface area contributed by atoms with Gasteiger partial charge in [-0.2, -0.15) is 0 Å². The van der Waals surface area contributed by atoms with Crippen molar-refractivity contribution in [1.82, 2.24) is 10.2 Å². The molecule has 0 aromatic rings. The van der Waals surface area contributed by atoms with Gasteiger partial charge >= 0.3 is 0 Å². The van der Waals surface area contributed by atoms with Crippen molar-refractivity contribution in [3.8, 4) is 0 Å². The summed E-state index contributed by atoms with van der Waals surface area (Å²) in [5, 5.41) is 3.20. The van der Waals surface area contributed by atoms with E-state index in [2.05, 4.69) is 17.1 Å². The molecule has 2 fully saturated rings. The van der Waals surface area contributed by atoms with Crippen molar-refractivity contribution in [2.75, 3.05) is 26.2 Å². The summed E-state index contributed by atoms with van der Waals surface area (Å²) in [6, 6.07) is 0.374. The van der Waals surface area contributed by atoms with Gasteiger partial charge in [0, 0.05) is 25.7 Å². The average Bonchev–Trinajstić information content (AvgIpc) is 3.19. The van der Waals surface area contributed by atoms with Crippen LogP contribution >= 0.6 is 0 Å². The Morgan fingerprint density at radius 1 is 1.39 bits per heavy atom. The molecule has 1 amide bonds. The fraction of sp³-hybridized carbons (Fsp3) is 0.929. The molecule has 1 aliphatic heterocycles. The minimum Gasteiger partial charge on any atom is -0.353 e. The molecule has 1 saturated heterocycles. The summed E-state index contributed by atoms with van der Waals surface area (Å²) in [6.07, 6.45) is 6.69. The van der Waals surface area contributed by atoms with E-state index in [0.29, 0.717) is 12.6 Å². The van der Waals surface area contributed by atoms with Crippen LogP contribution in [0, 0.1) is 5.41 Å². The van der Waals surface area contributed by atoms with Gasteiger partial charge in [-0.25, -0.2) is 0 Å². The first-order chi connectivity index (χ1) is 8.70. The number of piperidine rings is 1. The van der Waals surface area contributed by atoms with E-state index >= 15 is 0 Å². The largest absolute Gasteiger partial charge is 0.353 e. The molecule has 1 heterocycles. The highest BCUT2D eigenvalue weighted by Crippen LogP contribution is 2.44. The lowest BCUT2D eigenvalue weighted by Crippen LogP contribution is -2.48. The van der Waals surface area contributed by atoms with Crippen molar-refractivity contribution in [1.29, 1.82) is 0 Å². The highest BCUT2D eigenvalue weighted by atomic mass is 16.2. The third-order valence-corrected chi connectivity index (χ3v) is 4.48. The molecule has 0 aromatic carbocycles. The first-order valence-corrected chi connectivity index (χ1v) is 7.43. The van der Waals surface area contributed by atoms with Gasteiger partial charge in [0.2, 0.25) is 5.91 Å². The second kappa shape index (κ2) is 6.02.